The summed E-state index contributed by atoms with van der Waals surface area (Å²) in [5.41, 5.74) is 6.64. The van der Waals surface area contributed by atoms with Crippen molar-refractivity contribution in [3.63, 3.8) is 0 Å². The maximum atomic E-state index is 13.5. The lowest BCUT2D eigenvalue weighted by Gasteiger charge is -2.06. The van der Waals surface area contributed by atoms with E-state index < -0.39 is 22.4 Å². The minimum Gasteiger partial charge on any atom is -0.399 e. The van der Waals surface area contributed by atoms with Gasteiger partial charge in [0.25, 0.3) is 0 Å². The van der Waals surface area contributed by atoms with Crippen molar-refractivity contribution in [1.82, 2.24) is 0 Å². The van der Waals surface area contributed by atoms with Gasteiger partial charge in [-0.2, -0.15) is 0 Å². The first-order valence-corrected chi connectivity index (χ1v) is 7.04. The lowest BCUT2D eigenvalue weighted by atomic mass is 10.2. The Labute approximate surface area is 116 Å². The van der Waals surface area contributed by atoms with Crippen molar-refractivity contribution in [3.05, 3.63) is 58.6 Å². The summed E-state index contributed by atoms with van der Waals surface area (Å²) in [7, 11) is -1.64. The molecule has 2 aromatic carbocycles. The summed E-state index contributed by atoms with van der Waals surface area (Å²) in [6, 6.07) is 7.75. The molecule has 0 radical (unpaired) electrons. The average Bonchev–Trinajstić information content (AvgIpc) is 2.32. The first-order chi connectivity index (χ1) is 8.97. The number of nitrogen functional groups attached to an aromatic ring is 1. The van der Waals surface area contributed by atoms with Crippen LogP contribution in [0.25, 0.3) is 0 Å². The second kappa shape index (κ2) is 5.67. The average molecular weight is 302 g/mol. The van der Waals surface area contributed by atoms with E-state index in [1.54, 1.807) is 12.1 Å². The third-order valence-electron chi connectivity index (χ3n) is 2.50. The van der Waals surface area contributed by atoms with Crippen LogP contribution >= 0.6 is 11.6 Å². The third kappa shape index (κ3) is 3.30. The molecule has 0 spiro atoms. The zero-order valence-corrected chi connectivity index (χ0v) is 11.3. The molecule has 0 aromatic heterocycles. The van der Waals surface area contributed by atoms with Crippen LogP contribution in [0.5, 0.6) is 0 Å². The third-order valence-corrected chi connectivity index (χ3v) is 4.25. The highest BCUT2D eigenvalue weighted by Gasteiger charge is 2.13. The van der Waals surface area contributed by atoms with Crippen molar-refractivity contribution in [2.24, 2.45) is 0 Å². The van der Waals surface area contributed by atoms with Crippen molar-refractivity contribution in [2.45, 2.75) is 10.6 Å². The Bertz CT molecular complexity index is 649. The van der Waals surface area contributed by atoms with Gasteiger partial charge in [-0.1, -0.05) is 17.7 Å². The normalized spacial score (nSPS) is 12.4. The minimum absolute atomic E-state index is 0.0433. The number of anilines is 1. The van der Waals surface area contributed by atoms with Crippen molar-refractivity contribution in [2.75, 3.05) is 5.73 Å². The fraction of sp³-hybridized carbons (Fsp3) is 0.0769. The second-order valence-corrected chi connectivity index (χ2v) is 5.74. The van der Waals surface area contributed by atoms with Crippen LogP contribution < -0.4 is 5.73 Å². The van der Waals surface area contributed by atoms with Crippen LogP contribution in [0, 0.1) is 11.6 Å². The zero-order chi connectivity index (χ0) is 14.0. The monoisotopic (exact) mass is 301 g/mol. The number of benzene rings is 2. The van der Waals surface area contributed by atoms with Crippen LogP contribution in [0.1, 0.15) is 5.56 Å². The molecule has 2 nitrogen and oxygen atoms in total. The van der Waals surface area contributed by atoms with Crippen LogP contribution in [0.3, 0.4) is 0 Å². The molecule has 1 atom stereocenters. The summed E-state index contributed by atoms with van der Waals surface area (Å²) < 4.78 is 38.3. The van der Waals surface area contributed by atoms with Crippen LogP contribution in [-0.4, -0.2) is 4.21 Å². The fourth-order valence-electron chi connectivity index (χ4n) is 1.56. The molecule has 0 aliphatic heterocycles. The summed E-state index contributed by atoms with van der Waals surface area (Å²) >= 11 is 5.96. The van der Waals surface area contributed by atoms with E-state index >= 15 is 0 Å². The summed E-state index contributed by atoms with van der Waals surface area (Å²) in [6.07, 6.45) is 0. The predicted octanol–water partition coefficient (Wildman–Crippen LogP) is 3.51. The predicted molar refractivity (Wildman–Crippen MR) is 72.3 cm³/mol. The van der Waals surface area contributed by atoms with Crippen LogP contribution in [0.2, 0.25) is 5.02 Å². The molecule has 0 aliphatic carbocycles. The first kappa shape index (κ1) is 14.0. The van der Waals surface area contributed by atoms with E-state index in [9.17, 15) is 13.0 Å². The molecule has 1 unspecified atom stereocenters. The highest BCUT2D eigenvalue weighted by atomic mass is 35.5. The Kier molecular flexibility index (Phi) is 4.17. The number of hydrogen-bond acceptors (Lipinski definition) is 2. The Balaban J connectivity index is 2.25. The van der Waals surface area contributed by atoms with Gasteiger partial charge in [-0.3, -0.25) is 4.21 Å². The first-order valence-electron chi connectivity index (χ1n) is 5.34. The van der Waals surface area contributed by atoms with Crippen LogP contribution in [0.4, 0.5) is 14.5 Å². The van der Waals surface area contributed by atoms with Gasteiger partial charge in [0.15, 0.2) is 0 Å². The molecule has 0 heterocycles. The smallest absolute Gasteiger partial charge is 0.142 e. The summed E-state index contributed by atoms with van der Waals surface area (Å²) in [5.74, 6) is -1.49. The largest absolute Gasteiger partial charge is 0.399 e. The Morgan fingerprint density at radius 2 is 1.89 bits per heavy atom. The van der Waals surface area contributed by atoms with Gasteiger partial charge in [0.05, 0.1) is 21.4 Å². The highest BCUT2D eigenvalue weighted by molar-refractivity contribution is 7.84. The molecule has 0 amide bonds. The molecule has 6 heteroatoms. The number of rotatable bonds is 3. The molecule has 2 aromatic rings. The van der Waals surface area contributed by atoms with Crippen molar-refractivity contribution in [3.8, 4) is 0 Å². The van der Waals surface area contributed by atoms with Crippen LogP contribution in [0.15, 0.2) is 41.3 Å². The van der Waals surface area contributed by atoms with Crippen molar-refractivity contribution >= 4 is 28.1 Å². The molecule has 100 valence electrons. The van der Waals surface area contributed by atoms with E-state index in [0.29, 0.717) is 22.3 Å². The van der Waals surface area contributed by atoms with Crippen molar-refractivity contribution < 1.29 is 13.0 Å². The summed E-state index contributed by atoms with van der Waals surface area (Å²) in [6.45, 7) is 0. The molecule has 2 N–H and O–H groups in total. The second-order valence-electron chi connectivity index (χ2n) is 3.92. The summed E-state index contributed by atoms with van der Waals surface area (Å²) in [5, 5.41) is 0.371. The van der Waals surface area contributed by atoms with Gasteiger partial charge in [0.2, 0.25) is 0 Å². The van der Waals surface area contributed by atoms with Gasteiger partial charge in [-0.15, -0.1) is 0 Å². The van der Waals surface area contributed by atoms with Gasteiger partial charge in [-0.05, 0) is 29.8 Å². The summed E-state index contributed by atoms with van der Waals surface area (Å²) in [4.78, 5) is -0.0470. The Morgan fingerprint density at radius 1 is 1.16 bits per heavy atom. The number of nitrogens with two attached hydrogens (primary N) is 1. The lowest BCUT2D eigenvalue weighted by molar-refractivity contribution is 0.562. The molecule has 0 fully saturated rings. The van der Waals surface area contributed by atoms with E-state index in [2.05, 4.69) is 0 Å². The topological polar surface area (TPSA) is 43.1 Å². The van der Waals surface area contributed by atoms with E-state index in [1.165, 1.54) is 12.1 Å². The molecule has 2 rings (SSSR count). The quantitative estimate of drug-likeness (QED) is 0.882. The van der Waals surface area contributed by atoms with Gasteiger partial charge in [0.1, 0.15) is 11.6 Å². The minimum atomic E-state index is -1.64. The lowest BCUT2D eigenvalue weighted by Crippen LogP contribution is -2.01. The maximum Gasteiger partial charge on any atom is 0.142 e. The van der Waals surface area contributed by atoms with E-state index in [4.69, 9.17) is 17.3 Å². The number of halogens is 3. The van der Waals surface area contributed by atoms with E-state index in [1.807, 2.05) is 0 Å². The standard InChI is InChI=1S/C13H10ClF2NOS/c14-11-6-10(17)3-1-8(11)7-19(18)13-4-2-9(15)5-12(13)16/h1-6H,7,17H2. The molecule has 0 saturated heterocycles. The molecule has 0 aliphatic rings. The highest BCUT2D eigenvalue weighted by Crippen LogP contribution is 2.23. The molecule has 0 bridgehead atoms. The molecule has 0 saturated carbocycles. The van der Waals surface area contributed by atoms with Gasteiger partial charge in [0, 0.05) is 16.8 Å². The Hall–Kier alpha value is -1.46. The van der Waals surface area contributed by atoms with Gasteiger partial charge >= 0.3 is 0 Å². The van der Waals surface area contributed by atoms with E-state index in [0.717, 1.165) is 6.07 Å². The molecule has 19 heavy (non-hydrogen) atoms. The molecular formula is C13H10ClF2NOS. The SMILES string of the molecule is Nc1ccc(CS(=O)c2ccc(F)cc2F)c(Cl)c1. The number of hydrogen-bond donors (Lipinski definition) is 1. The molecular weight excluding hydrogens is 292 g/mol. The zero-order valence-electron chi connectivity index (χ0n) is 9.70. The van der Waals surface area contributed by atoms with Gasteiger partial charge in [-0.25, -0.2) is 8.78 Å². The van der Waals surface area contributed by atoms with Gasteiger partial charge < -0.3 is 5.73 Å². The Morgan fingerprint density at radius 3 is 2.53 bits per heavy atom. The van der Waals surface area contributed by atoms with Crippen molar-refractivity contribution in [1.29, 1.82) is 0 Å². The fourth-order valence-corrected chi connectivity index (χ4v) is 3.08. The van der Waals surface area contributed by atoms with Crippen LogP contribution in [-0.2, 0) is 16.6 Å². The maximum absolute atomic E-state index is 13.5. The van der Waals surface area contributed by atoms with E-state index in [-0.39, 0.29) is 10.6 Å².